The van der Waals surface area contributed by atoms with Crippen LogP contribution in [-0.2, 0) is 4.74 Å². The summed E-state index contributed by atoms with van der Waals surface area (Å²) in [4.78, 5) is 9.79. The highest BCUT2D eigenvalue weighted by Gasteiger charge is 2.23. The molecular weight excluding hydrogens is 491 g/mol. The highest BCUT2D eigenvalue weighted by molar-refractivity contribution is 14.0. The van der Waals surface area contributed by atoms with E-state index in [1.165, 1.54) is 0 Å². The van der Waals surface area contributed by atoms with Crippen LogP contribution in [0.3, 0.4) is 0 Å². The van der Waals surface area contributed by atoms with Crippen LogP contribution in [0.4, 0.5) is 0 Å². The average Bonchev–Trinajstić information content (AvgIpc) is 2.71. The van der Waals surface area contributed by atoms with Crippen LogP contribution < -0.4 is 10.1 Å². The number of aliphatic imine (C=N–C) groups is 1. The molecule has 3 rings (SSSR count). The van der Waals surface area contributed by atoms with Crippen molar-refractivity contribution in [2.45, 2.75) is 58.3 Å². The summed E-state index contributed by atoms with van der Waals surface area (Å²) in [6.07, 6.45) is 4.10. The van der Waals surface area contributed by atoms with Crippen LogP contribution in [-0.4, -0.2) is 79.9 Å². The van der Waals surface area contributed by atoms with Crippen LogP contribution in [0.2, 0.25) is 0 Å². The number of nitrogens with zero attached hydrogens (tertiary/aromatic N) is 3. The van der Waals surface area contributed by atoms with Gasteiger partial charge in [-0.25, -0.2) is 0 Å². The summed E-state index contributed by atoms with van der Waals surface area (Å²) in [5.41, 5.74) is 0. The van der Waals surface area contributed by atoms with Gasteiger partial charge < -0.3 is 19.7 Å². The number of para-hydroxylation sites is 1. The fraction of sp³-hybridized carbons (Fsp3) is 0.696. The summed E-state index contributed by atoms with van der Waals surface area (Å²) in [5.74, 6) is 2.02. The topological polar surface area (TPSA) is 49.3 Å². The molecule has 1 N–H and O–H groups in total. The van der Waals surface area contributed by atoms with E-state index in [1.807, 2.05) is 30.3 Å². The van der Waals surface area contributed by atoms with E-state index in [-0.39, 0.29) is 24.0 Å². The SMILES string of the molecule is CCNC(=NCCCN1CC(C)OC(C)C1)N1CCC(Oc2ccccc2)CC1.I. The Labute approximate surface area is 199 Å². The zero-order chi connectivity index (χ0) is 20.5. The minimum atomic E-state index is 0. The first-order valence-electron chi connectivity index (χ1n) is 11.3. The van der Waals surface area contributed by atoms with Crippen LogP contribution in [0.25, 0.3) is 0 Å². The summed E-state index contributed by atoms with van der Waals surface area (Å²) in [5, 5.41) is 3.47. The van der Waals surface area contributed by atoms with E-state index in [9.17, 15) is 0 Å². The summed E-state index contributed by atoms with van der Waals surface area (Å²) >= 11 is 0. The van der Waals surface area contributed by atoms with Gasteiger partial charge in [-0.2, -0.15) is 0 Å². The predicted molar refractivity (Wildman–Crippen MR) is 134 cm³/mol. The van der Waals surface area contributed by atoms with Crippen LogP contribution in [0.15, 0.2) is 35.3 Å². The maximum atomic E-state index is 6.12. The van der Waals surface area contributed by atoms with Crippen molar-refractivity contribution in [3.63, 3.8) is 0 Å². The molecule has 2 aliphatic heterocycles. The smallest absolute Gasteiger partial charge is 0.193 e. The number of morpholine rings is 1. The van der Waals surface area contributed by atoms with E-state index in [0.29, 0.717) is 18.3 Å². The minimum absolute atomic E-state index is 0. The van der Waals surface area contributed by atoms with Crippen LogP contribution in [0, 0.1) is 0 Å². The number of rotatable bonds is 7. The van der Waals surface area contributed by atoms with Gasteiger partial charge in [-0.3, -0.25) is 9.89 Å². The number of nitrogens with one attached hydrogen (secondary N) is 1. The quantitative estimate of drug-likeness (QED) is 0.253. The molecule has 170 valence electrons. The molecule has 0 radical (unpaired) electrons. The number of piperidine rings is 1. The second kappa shape index (κ2) is 13.4. The standard InChI is InChI=1S/C23H38N4O2.HI/c1-4-24-23(25-13-8-14-26-17-19(2)28-20(3)18-26)27-15-11-22(12-16-27)29-21-9-6-5-7-10-21;/h5-7,9-10,19-20,22H,4,8,11-18H2,1-3H3,(H,24,25);1H. The van der Waals surface area contributed by atoms with Gasteiger partial charge in [0, 0.05) is 58.7 Å². The van der Waals surface area contributed by atoms with Gasteiger partial charge in [-0.1, -0.05) is 18.2 Å². The van der Waals surface area contributed by atoms with Crippen molar-refractivity contribution in [3.8, 4) is 5.75 Å². The lowest BCUT2D eigenvalue weighted by Crippen LogP contribution is -2.47. The third kappa shape index (κ3) is 8.23. The Morgan fingerprint density at radius 2 is 1.80 bits per heavy atom. The highest BCUT2D eigenvalue weighted by atomic mass is 127. The number of hydrogen-bond donors (Lipinski definition) is 1. The van der Waals surface area contributed by atoms with E-state index in [0.717, 1.165) is 76.8 Å². The molecule has 0 aliphatic carbocycles. The molecule has 0 bridgehead atoms. The number of guanidine groups is 1. The lowest BCUT2D eigenvalue weighted by molar-refractivity contribution is -0.0679. The third-order valence-corrected chi connectivity index (χ3v) is 5.51. The lowest BCUT2D eigenvalue weighted by atomic mass is 10.1. The molecule has 30 heavy (non-hydrogen) atoms. The molecule has 0 saturated carbocycles. The summed E-state index contributed by atoms with van der Waals surface area (Å²) < 4.78 is 11.9. The molecule has 2 saturated heterocycles. The first kappa shape index (κ1) is 25.2. The Kier molecular flexibility index (Phi) is 11.2. The van der Waals surface area contributed by atoms with Crippen molar-refractivity contribution in [2.24, 2.45) is 4.99 Å². The van der Waals surface area contributed by atoms with Gasteiger partial charge in [0.05, 0.1) is 12.2 Å². The van der Waals surface area contributed by atoms with E-state index in [1.54, 1.807) is 0 Å². The van der Waals surface area contributed by atoms with E-state index in [4.69, 9.17) is 14.5 Å². The predicted octanol–water partition coefficient (Wildman–Crippen LogP) is 3.61. The van der Waals surface area contributed by atoms with Crippen molar-refractivity contribution >= 4 is 29.9 Å². The van der Waals surface area contributed by atoms with E-state index in [2.05, 4.69) is 35.9 Å². The van der Waals surface area contributed by atoms with E-state index < -0.39 is 0 Å². The Bertz CT molecular complexity index is 613. The first-order valence-corrected chi connectivity index (χ1v) is 11.3. The second-order valence-corrected chi connectivity index (χ2v) is 8.22. The molecule has 2 fully saturated rings. The van der Waals surface area contributed by atoms with Gasteiger partial charge in [-0.15, -0.1) is 24.0 Å². The Morgan fingerprint density at radius 1 is 1.13 bits per heavy atom. The van der Waals surface area contributed by atoms with E-state index >= 15 is 0 Å². The number of ether oxygens (including phenoxy) is 2. The number of benzene rings is 1. The highest BCUT2D eigenvalue weighted by Crippen LogP contribution is 2.18. The number of likely N-dealkylation sites (tertiary alicyclic amines) is 1. The zero-order valence-corrected chi connectivity index (χ0v) is 21.1. The molecule has 0 amide bonds. The Balaban J connectivity index is 0.00000320. The van der Waals surface area contributed by atoms with Crippen molar-refractivity contribution < 1.29 is 9.47 Å². The van der Waals surface area contributed by atoms with Gasteiger partial charge >= 0.3 is 0 Å². The van der Waals surface area contributed by atoms with Crippen molar-refractivity contribution in [1.82, 2.24) is 15.1 Å². The molecule has 2 atom stereocenters. The second-order valence-electron chi connectivity index (χ2n) is 8.22. The summed E-state index contributed by atoms with van der Waals surface area (Å²) in [6, 6.07) is 10.1. The van der Waals surface area contributed by atoms with Crippen LogP contribution in [0.1, 0.15) is 40.0 Å². The van der Waals surface area contributed by atoms with Crippen molar-refractivity contribution in [1.29, 1.82) is 0 Å². The molecule has 0 spiro atoms. The monoisotopic (exact) mass is 530 g/mol. The maximum Gasteiger partial charge on any atom is 0.193 e. The molecule has 2 heterocycles. The Hall–Kier alpha value is -1.06. The summed E-state index contributed by atoms with van der Waals surface area (Å²) in [7, 11) is 0. The Morgan fingerprint density at radius 3 is 2.43 bits per heavy atom. The summed E-state index contributed by atoms with van der Waals surface area (Å²) in [6.45, 7) is 13.4. The molecule has 2 unspecified atom stereocenters. The third-order valence-electron chi connectivity index (χ3n) is 5.51. The average molecular weight is 530 g/mol. The number of hydrogen-bond acceptors (Lipinski definition) is 4. The normalized spacial score (nSPS) is 23.7. The molecule has 2 aliphatic rings. The van der Waals surface area contributed by atoms with Gasteiger partial charge in [0.15, 0.2) is 5.96 Å². The van der Waals surface area contributed by atoms with Crippen LogP contribution >= 0.6 is 24.0 Å². The zero-order valence-electron chi connectivity index (χ0n) is 18.8. The fourth-order valence-electron chi connectivity index (χ4n) is 4.25. The number of halogens is 1. The largest absolute Gasteiger partial charge is 0.490 e. The fourth-order valence-corrected chi connectivity index (χ4v) is 4.25. The maximum absolute atomic E-state index is 6.12. The molecule has 1 aromatic rings. The first-order chi connectivity index (χ1) is 14.1. The van der Waals surface area contributed by atoms with Gasteiger partial charge in [-0.05, 0) is 39.3 Å². The van der Waals surface area contributed by atoms with Crippen molar-refractivity contribution in [2.75, 3.05) is 45.8 Å². The van der Waals surface area contributed by atoms with Gasteiger partial charge in [0.1, 0.15) is 11.9 Å². The lowest BCUT2D eigenvalue weighted by Gasteiger charge is -2.35. The van der Waals surface area contributed by atoms with Crippen LogP contribution in [0.5, 0.6) is 5.75 Å². The molecular formula is C23H39IN4O2. The molecule has 7 heteroatoms. The molecule has 0 aromatic heterocycles. The minimum Gasteiger partial charge on any atom is -0.490 e. The molecule has 6 nitrogen and oxygen atoms in total. The molecule has 1 aromatic carbocycles. The van der Waals surface area contributed by atoms with Gasteiger partial charge in [0.25, 0.3) is 0 Å². The van der Waals surface area contributed by atoms with Gasteiger partial charge in [0.2, 0.25) is 0 Å². The van der Waals surface area contributed by atoms with Crippen molar-refractivity contribution in [3.05, 3.63) is 30.3 Å².